The average molecular weight is 182 g/mol. The third-order valence-electron chi connectivity index (χ3n) is 1.67. The van der Waals surface area contributed by atoms with E-state index in [9.17, 15) is 4.79 Å². The van der Waals surface area contributed by atoms with Gasteiger partial charge in [0.25, 0.3) is 0 Å². The lowest BCUT2D eigenvalue weighted by Crippen LogP contribution is -2.06. The van der Waals surface area contributed by atoms with Gasteiger partial charge in [-0.3, -0.25) is 4.79 Å². The van der Waals surface area contributed by atoms with Gasteiger partial charge in [0, 0.05) is 5.56 Å². The van der Waals surface area contributed by atoms with Gasteiger partial charge in [-0.2, -0.15) is 0 Å². The third kappa shape index (κ3) is 2.54. The Morgan fingerprint density at radius 2 is 1.92 bits per heavy atom. The molecule has 0 aliphatic carbocycles. The van der Waals surface area contributed by atoms with Gasteiger partial charge in [0.05, 0.1) is 6.42 Å². The Bertz CT molecular complexity index is 306. The van der Waals surface area contributed by atoms with Crippen LogP contribution >= 0.6 is 0 Å². The van der Waals surface area contributed by atoms with E-state index in [1.54, 1.807) is 18.2 Å². The summed E-state index contributed by atoms with van der Waals surface area (Å²) in [6, 6.07) is 6.33. The quantitative estimate of drug-likeness (QED) is 0.587. The second-order valence-corrected chi connectivity index (χ2v) is 2.64. The molecule has 0 bridgehead atoms. The summed E-state index contributed by atoms with van der Waals surface area (Å²) in [6.07, 6.45) is -1.82. The lowest BCUT2D eigenvalue weighted by Gasteiger charge is -2.08. The Balaban J connectivity index is 2.97. The van der Waals surface area contributed by atoms with E-state index in [1.807, 2.05) is 0 Å². The number of carboxylic acid groups (broad SMARTS) is 1. The largest absolute Gasteiger partial charge is 0.481 e. The van der Waals surface area contributed by atoms with Crippen LogP contribution in [0.15, 0.2) is 24.3 Å². The number of carbonyl (C=O) groups is 1. The fourth-order valence-corrected chi connectivity index (χ4v) is 1.11. The summed E-state index contributed by atoms with van der Waals surface area (Å²) in [5, 5.41) is 26.3. The van der Waals surface area contributed by atoms with Gasteiger partial charge in [0.2, 0.25) is 0 Å². The molecule has 0 unspecified atom stereocenters. The third-order valence-corrected chi connectivity index (χ3v) is 1.67. The van der Waals surface area contributed by atoms with Crippen LogP contribution in [-0.2, 0) is 11.2 Å². The SMILES string of the molecule is O=C(O)Cc1ccccc1C(O)O. The van der Waals surface area contributed by atoms with Gasteiger partial charge in [-0.1, -0.05) is 24.3 Å². The summed E-state index contributed by atoms with van der Waals surface area (Å²) in [5.74, 6) is -0.992. The van der Waals surface area contributed by atoms with Crippen LogP contribution in [0.5, 0.6) is 0 Å². The highest BCUT2D eigenvalue weighted by Crippen LogP contribution is 2.15. The van der Waals surface area contributed by atoms with Gasteiger partial charge in [0.15, 0.2) is 6.29 Å². The van der Waals surface area contributed by atoms with Crippen molar-refractivity contribution in [2.45, 2.75) is 12.7 Å². The number of rotatable bonds is 3. The molecule has 0 spiro atoms. The van der Waals surface area contributed by atoms with Gasteiger partial charge in [-0.05, 0) is 5.56 Å². The molecular formula is C9H10O4. The smallest absolute Gasteiger partial charge is 0.307 e. The number of benzene rings is 1. The Kier molecular flexibility index (Phi) is 3.00. The molecule has 1 aromatic rings. The highest BCUT2D eigenvalue weighted by Gasteiger charge is 2.10. The molecule has 70 valence electrons. The molecule has 0 fully saturated rings. The molecular weight excluding hydrogens is 172 g/mol. The van der Waals surface area contributed by atoms with Gasteiger partial charge in [-0.15, -0.1) is 0 Å². The first-order chi connectivity index (χ1) is 6.11. The monoisotopic (exact) mass is 182 g/mol. The van der Waals surface area contributed by atoms with Crippen LogP contribution in [-0.4, -0.2) is 21.3 Å². The fraction of sp³-hybridized carbons (Fsp3) is 0.222. The van der Waals surface area contributed by atoms with E-state index in [-0.39, 0.29) is 12.0 Å². The van der Waals surface area contributed by atoms with E-state index in [0.717, 1.165) is 0 Å². The standard InChI is InChI=1S/C9H10O4/c10-8(11)5-6-3-1-2-4-7(6)9(12)13/h1-4,9,12-13H,5H2,(H,10,11). The summed E-state index contributed by atoms with van der Waals surface area (Å²) in [4.78, 5) is 10.4. The molecule has 4 heteroatoms. The summed E-state index contributed by atoms with van der Waals surface area (Å²) in [6.45, 7) is 0. The van der Waals surface area contributed by atoms with Crippen molar-refractivity contribution < 1.29 is 20.1 Å². The van der Waals surface area contributed by atoms with Crippen LogP contribution in [0.2, 0.25) is 0 Å². The highest BCUT2D eigenvalue weighted by atomic mass is 16.5. The summed E-state index contributed by atoms with van der Waals surface area (Å²) >= 11 is 0. The Labute approximate surface area is 75.1 Å². The minimum atomic E-state index is -1.62. The predicted octanol–water partition coefficient (Wildman–Crippen LogP) is 0.297. The molecule has 0 aromatic heterocycles. The van der Waals surface area contributed by atoms with Crippen molar-refractivity contribution in [2.75, 3.05) is 0 Å². The molecule has 0 saturated carbocycles. The molecule has 4 nitrogen and oxygen atoms in total. The average Bonchev–Trinajstić information content (AvgIpc) is 2.03. The molecule has 0 saturated heterocycles. The molecule has 0 amide bonds. The topological polar surface area (TPSA) is 77.8 Å². The number of aliphatic carboxylic acids is 1. The number of aliphatic hydroxyl groups excluding tert-OH is 1. The molecule has 0 atom stereocenters. The van der Waals surface area contributed by atoms with Gasteiger partial charge in [-0.25, -0.2) is 0 Å². The highest BCUT2D eigenvalue weighted by molar-refractivity contribution is 5.70. The van der Waals surface area contributed by atoms with E-state index in [2.05, 4.69) is 0 Å². The number of hydrogen-bond acceptors (Lipinski definition) is 3. The number of aliphatic hydroxyl groups is 2. The van der Waals surface area contributed by atoms with Gasteiger partial charge in [0.1, 0.15) is 0 Å². The Hall–Kier alpha value is -1.39. The Morgan fingerprint density at radius 1 is 1.31 bits per heavy atom. The van der Waals surface area contributed by atoms with Crippen LogP contribution in [0, 0.1) is 0 Å². The number of hydrogen-bond donors (Lipinski definition) is 3. The second kappa shape index (κ2) is 4.02. The van der Waals surface area contributed by atoms with E-state index in [4.69, 9.17) is 15.3 Å². The molecule has 0 heterocycles. The lowest BCUT2D eigenvalue weighted by atomic mass is 10.0. The number of carboxylic acids is 1. The van der Waals surface area contributed by atoms with Crippen molar-refractivity contribution >= 4 is 5.97 Å². The zero-order valence-electron chi connectivity index (χ0n) is 6.84. The van der Waals surface area contributed by atoms with Crippen LogP contribution in [0.3, 0.4) is 0 Å². The predicted molar refractivity (Wildman–Crippen MR) is 45.0 cm³/mol. The van der Waals surface area contributed by atoms with Crippen molar-refractivity contribution in [1.82, 2.24) is 0 Å². The molecule has 3 N–H and O–H groups in total. The molecule has 0 aliphatic heterocycles. The van der Waals surface area contributed by atoms with E-state index in [1.165, 1.54) is 6.07 Å². The van der Waals surface area contributed by atoms with Gasteiger partial charge < -0.3 is 15.3 Å². The van der Waals surface area contributed by atoms with Gasteiger partial charge >= 0.3 is 5.97 Å². The van der Waals surface area contributed by atoms with E-state index < -0.39 is 12.3 Å². The molecule has 0 aliphatic rings. The minimum absolute atomic E-state index is 0.201. The van der Waals surface area contributed by atoms with E-state index in [0.29, 0.717) is 5.56 Å². The molecule has 1 aromatic carbocycles. The first-order valence-electron chi connectivity index (χ1n) is 3.77. The molecule has 1 rings (SSSR count). The first-order valence-corrected chi connectivity index (χ1v) is 3.77. The maximum atomic E-state index is 10.4. The van der Waals surface area contributed by atoms with E-state index >= 15 is 0 Å². The summed E-state index contributed by atoms with van der Waals surface area (Å²) in [5.41, 5.74) is 0.662. The maximum Gasteiger partial charge on any atom is 0.307 e. The van der Waals surface area contributed by atoms with Crippen molar-refractivity contribution in [3.63, 3.8) is 0 Å². The second-order valence-electron chi connectivity index (χ2n) is 2.64. The molecule has 13 heavy (non-hydrogen) atoms. The summed E-state index contributed by atoms with van der Waals surface area (Å²) in [7, 11) is 0. The zero-order chi connectivity index (χ0) is 9.84. The van der Waals surface area contributed by atoms with Crippen LogP contribution in [0.1, 0.15) is 17.4 Å². The summed E-state index contributed by atoms with van der Waals surface area (Å²) < 4.78 is 0. The normalized spacial score (nSPS) is 10.4. The minimum Gasteiger partial charge on any atom is -0.481 e. The van der Waals surface area contributed by atoms with Crippen molar-refractivity contribution in [3.8, 4) is 0 Å². The Morgan fingerprint density at radius 3 is 2.46 bits per heavy atom. The first kappa shape index (κ1) is 9.70. The maximum absolute atomic E-state index is 10.4. The van der Waals surface area contributed by atoms with Crippen molar-refractivity contribution in [3.05, 3.63) is 35.4 Å². The van der Waals surface area contributed by atoms with Crippen molar-refractivity contribution in [2.24, 2.45) is 0 Å². The lowest BCUT2D eigenvalue weighted by molar-refractivity contribution is -0.136. The van der Waals surface area contributed by atoms with Crippen LogP contribution in [0.4, 0.5) is 0 Å². The van der Waals surface area contributed by atoms with Crippen molar-refractivity contribution in [1.29, 1.82) is 0 Å². The molecule has 0 radical (unpaired) electrons. The van der Waals surface area contributed by atoms with Crippen LogP contribution in [0.25, 0.3) is 0 Å². The zero-order valence-corrected chi connectivity index (χ0v) is 6.84. The van der Waals surface area contributed by atoms with Crippen LogP contribution < -0.4 is 0 Å². The fourth-order valence-electron chi connectivity index (χ4n) is 1.11.